The van der Waals surface area contributed by atoms with Crippen LogP contribution in [0.2, 0.25) is 0 Å². The summed E-state index contributed by atoms with van der Waals surface area (Å²) in [4.78, 5) is 10.6. The Kier molecular flexibility index (Phi) is 4.49. The van der Waals surface area contributed by atoms with Crippen LogP contribution in [-0.4, -0.2) is 10.9 Å². The van der Waals surface area contributed by atoms with Crippen molar-refractivity contribution >= 4 is 28.6 Å². The van der Waals surface area contributed by atoms with E-state index < -0.39 is 11.6 Å². The summed E-state index contributed by atoms with van der Waals surface area (Å²) in [5.41, 5.74) is 5.10. The average Bonchev–Trinajstić information content (AvgIpc) is 2.23. The Balaban J connectivity index is 2.74. The number of hydrogen-bond donors (Lipinski definition) is 1. The summed E-state index contributed by atoms with van der Waals surface area (Å²) in [6.07, 6.45) is 3.02. The van der Waals surface area contributed by atoms with Crippen LogP contribution in [-0.2, 0) is 4.79 Å². The fourth-order valence-corrected chi connectivity index (χ4v) is 1.48. The number of rotatable bonds is 3. The highest BCUT2D eigenvalue weighted by atomic mass is 32.2. The second-order valence-corrected chi connectivity index (χ2v) is 4.27. The van der Waals surface area contributed by atoms with Crippen LogP contribution < -0.4 is 5.73 Å². The number of hydrogen-bond acceptors (Lipinski definition) is 3. The van der Waals surface area contributed by atoms with Gasteiger partial charge in [-0.3, -0.25) is 4.79 Å². The van der Waals surface area contributed by atoms with Gasteiger partial charge in [0.25, 0.3) is 0 Å². The Bertz CT molecular complexity index is 432. The molecule has 16 heavy (non-hydrogen) atoms. The van der Waals surface area contributed by atoms with Crippen LogP contribution in [0.15, 0.2) is 18.2 Å². The minimum Gasteiger partial charge on any atom is -0.396 e. The van der Waals surface area contributed by atoms with Crippen LogP contribution in [0, 0.1) is 11.6 Å². The maximum atomic E-state index is 13.3. The molecule has 0 fully saturated rings. The minimum absolute atomic E-state index is 0.0198. The molecule has 2 N–H and O–H groups in total. The van der Waals surface area contributed by atoms with E-state index in [2.05, 4.69) is 0 Å². The lowest BCUT2D eigenvalue weighted by Crippen LogP contribution is -1.96. The summed E-state index contributed by atoms with van der Waals surface area (Å²) in [6.45, 7) is 1.45. The molecule has 0 spiro atoms. The van der Waals surface area contributed by atoms with E-state index in [1.165, 1.54) is 25.1 Å². The summed E-state index contributed by atoms with van der Waals surface area (Å²) in [7, 11) is 0. The molecular weight excluding hydrogens is 232 g/mol. The number of halogens is 2. The Labute approximate surface area is 96.5 Å². The van der Waals surface area contributed by atoms with Gasteiger partial charge in [0.1, 0.15) is 0 Å². The van der Waals surface area contributed by atoms with E-state index in [1.807, 2.05) is 0 Å². The third-order valence-corrected chi connectivity index (χ3v) is 2.59. The van der Waals surface area contributed by atoms with Crippen LogP contribution in [0.1, 0.15) is 12.5 Å². The van der Waals surface area contributed by atoms with Crippen LogP contribution >= 0.6 is 11.8 Å². The van der Waals surface area contributed by atoms with Gasteiger partial charge in [-0.1, -0.05) is 23.9 Å². The molecule has 0 bridgehead atoms. The number of thioether (sulfide) groups is 1. The first-order chi connectivity index (χ1) is 7.52. The standard InChI is InChI=1S/C11H11F2NOS/c1-7(15)16-6-2-3-8-4-5-9(14)11(13)10(8)12/h2-5H,6,14H2,1H3. The van der Waals surface area contributed by atoms with E-state index in [0.29, 0.717) is 5.75 Å². The summed E-state index contributed by atoms with van der Waals surface area (Å²) in [5.74, 6) is -1.58. The second-order valence-electron chi connectivity index (χ2n) is 3.08. The fourth-order valence-electron chi connectivity index (χ4n) is 1.05. The highest BCUT2D eigenvalue weighted by Gasteiger charge is 2.08. The summed E-state index contributed by atoms with van der Waals surface area (Å²) < 4.78 is 26.3. The highest BCUT2D eigenvalue weighted by Crippen LogP contribution is 2.19. The zero-order valence-corrected chi connectivity index (χ0v) is 9.48. The first-order valence-electron chi connectivity index (χ1n) is 4.55. The van der Waals surface area contributed by atoms with Gasteiger partial charge >= 0.3 is 0 Å². The smallest absolute Gasteiger partial charge is 0.186 e. The zero-order chi connectivity index (χ0) is 12.1. The summed E-state index contributed by atoms with van der Waals surface area (Å²) in [6, 6.07) is 2.69. The molecule has 0 amide bonds. The van der Waals surface area contributed by atoms with Crippen LogP contribution in [0.4, 0.5) is 14.5 Å². The molecule has 0 radical (unpaired) electrons. The maximum Gasteiger partial charge on any atom is 0.186 e. The molecule has 0 heterocycles. The van der Waals surface area contributed by atoms with Crippen LogP contribution in [0.25, 0.3) is 6.08 Å². The fraction of sp³-hybridized carbons (Fsp3) is 0.182. The number of anilines is 1. The molecule has 86 valence electrons. The van der Waals surface area contributed by atoms with Gasteiger partial charge in [0.2, 0.25) is 0 Å². The van der Waals surface area contributed by atoms with Crippen LogP contribution in [0.5, 0.6) is 0 Å². The lowest BCUT2D eigenvalue weighted by Gasteiger charge is -2.01. The van der Waals surface area contributed by atoms with Crippen molar-refractivity contribution in [1.29, 1.82) is 0 Å². The van der Waals surface area contributed by atoms with Crippen LogP contribution in [0.3, 0.4) is 0 Å². The van der Waals surface area contributed by atoms with Crippen molar-refractivity contribution in [3.63, 3.8) is 0 Å². The van der Waals surface area contributed by atoms with Gasteiger partial charge in [-0.15, -0.1) is 0 Å². The van der Waals surface area contributed by atoms with Crippen molar-refractivity contribution in [2.45, 2.75) is 6.92 Å². The van der Waals surface area contributed by atoms with E-state index in [1.54, 1.807) is 6.08 Å². The lowest BCUT2D eigenvalue weighted by molar-refractivity contribution is -0.109. The average molecular weight is 243 g/mol. The minimum atomic E-state index is -1.04. The number of carbonyl (C=O) groups is 1. The topological polar surface area (TPSA) is 43.1 Å². The first kappa shape index (κ1) is 12.7. The lowest BCUT2D eigenvalue weighted by atomic mass is 10.1. The molecule has 0 aliphatic heterocycles. The third kappa shape index (κ3) is 3.34. The van der Waals surface area contributed by atoms with E-state index in [4.69, 9.17) is 5.73 Å². The van der Waals surface area contributed by atoms with Gasteiger partial charge in [0, 0.05) is 18.2 Å². The Hall–Kier alpha value is -1.36. The molecule has 0 aliphatic rings. The number of carbonyl (C=O) groups excluding carboxylic acids is 1. The van der Waals surface area contributed by atoms with Crippen molar-refractivity contribution in [2.75, 3.05) is 11.5 Å². The van der Waals surface area contributed by atoms with E-state index in [0.717, 1.165) is 11.8 Å². The largest absolute Gasteiger partial charge is 0.396 e. The van der Waals surface area contributed by atoms with Gasteiger partial charge in [0.05, 0.1) is 5.69 Å². The SMILES string of the molecule is CC(=O)SCC=Cc1ccc(N)c(F)c1F. The molecule has 2 nitrogen and oxygen atoms in total. The monoisotopic (exact) mass is 243 g/mol. The normalized spacial score (nSPS) is 10.9. The van der Waals surface area contributed by atoms with Crippen molar-refractivity contribution in [1.82, 2.24) is 0 Å². The number of nitrogen functional groups attached to an aromatic ring is 1. The van der Waals surface area contributed by atoms with Crippen molar-refractivity contribution in [3.05, 3.63) is 35.4 Å². The molecule has 5 heteroatoms. The molecule has 1 aromatic rings. The van der Waals surface area contributed by atoms with E-state index in [-0.39, 0.29) is 16.4 Å². The molecule has 0 atom stereocenters. The third-order valence-electron chi connectivity index (χ3n) is 1.82. The van der Waals surface area contributed by atoms with E-state index in [9.17, 15) is 13.6 Å². The van der Waals surface area contributed by atoms with Crippen molar-refractivity contribution < 1.29 is 13.6 Å². The Morgan fingerprint density at radius 3 is 2.75 bits per heavy atom. The quantitative estimate of drug-likeness (QED) is 0.830. The highest BCUT2D eigenvalue weighted by molar-refractivity contribution is 8.13. The molecule has 1 rings (SSSR count). The van der Waals surface area contributed by atoms with Gasteiger partial charge < -0.3 is 5.73 Å². The van der Waals surface area contributed by atoms with Crippen molar-refractivity contribution in [3.8, 4) is 0 Å². The number of benzene rings is 1. The van der Waals surface area contributed by atoms with Gasteiger partial charge in [-0.25, -0.2) is 8.78 Å². The second kappa shape index (κ2) is 5.65. The molecule has 0 aliphatic carbocycles. The zero-order valence-electron chi connectivity index (χ0n) is 8.67. The maximum absolute atomic E-state index is 13.3. The van der Waals surface area contributed by atoms with Gasteiger partial charge in [0.15, 0.2) is 16.7 Å². The summed E-state index contributed by atoms with van der Waals surface area (Å²) >= 11 is 1.10. The molecule has 1 aromatic carbocycles. The van der Waals surface area contributed by atoms with Crippen molar-refractivity contribution in [2.24, 2.45) is 0 Å². The Morgan fingerprint density at radius 2 is 2.12 bits per heavy atom. The molecule has 0 aromatic heterocycles. The predicted octanol–water partition coefficient (Wildman–Crippen LogP) is 2.84. The molecule has 0 saturated carbocycles. The number of nitrogens with two attached hydrogens (primary N) is 1. The molecular formula is C11H11F2NOS. The summed E-state index contributed by atoms with van der Waals surface area (Å²) in [5, 5.41) is -0.0198. The first-order valence-corrected chi connectivity index (χ1v) is 5.54. The molecule has 0 saturated heterocycles. The van der Waals surface area contributed by atoms with Gasteiger partial charge in [-0.05, 0) is 12.1 Å². The van der Waals surface area contributed by atoms with Gasteiger partial charge in [-0.2, -0.15) is 0 Å². The Morgan fingerprint density at radius 1 is 1.44 bits per heavy atom. The van der Waals surface area contributed by atoms with E-state index >= 15 is 0 Å². The predicted molar refractivity (Wildman–Crippen MR) is 62.9 cm³/mol. The molecule has 0 unspecified atom stereocenters.